The van der Waals surface area contributed by atoms with Gasteiger partial charge < -0.3 is 10.1 Å². The molecule has 0 bridgehead atoms. The Kier molecular flexibility index (Phi) is 4.42. The first-order valence-electron chi connectivity index (χ1n) is 5.89. The van der Waals surface area contributed by atoms with Crippen LogP contribution in [0.5, 0.6) is 5.75 Å². The van der Waals surface area contributed by atoms with Crippen LogP contribution in [0.4, 0.5) is 5.69 Å². The molecule has 0 spiro atoms. The molecule has 0 aliphatic heterocycles. The van der Waals surface area contributed by atoms with Gasteiger partial charge in [0.25, 0.3) is 5.91 Å². The molecule has 1 N–H and O–H groups in total. The molecule has 0 heterocycles. The zero-order valence-electron chi connectivity index (χ0n) is 10.5. The van der Waals surface area contributed by atoms with Crippen molar-refractivity contribution in [2.24, 2.45) is 0 Å². The van der Waals surface area contributed by atoms with Gasteiger partial charge in [-0.3, -0.25) is 4.79 Å². The Labute approximate surface area is 117 Å². The average molecular weight is 276 g/mol. The zero-order valence-corrected chi connectivity index (χ0v) is 11.3. The Bertz CT molecular complexity index is 584. The molecule has 0 saturated carbocycles. The van der Waals surface area contributed by atoms with Gasteiger partial charge in [-0.1, -0.05) is 35.9 Å². The van der Waals surface area contributed by atoms with E-state index in [0.29, 0.717) is 10.8 Å². The minimum Gasteiger partial charge on any atom is -0.484 e. The smallest absolute Gasteiger partial charge is 0.262 e. The van der Waals surface area contributed by atoms with E-state index in [1.54, 1.807) is 24.3 Å². The van der Waals surface area contributed by atoms with Crippen LogP contribution >= 0.6 is 11.6 Å². The second kappa shape index (κ2) is 6.25. The van der Waals surface area contributed by atoms with Crippen molar-refractivity contribution in [1.82, 2.24) is 0 Å². The molecular formula is C15H14ClNO2. The van der Waals surface area contributed by atoms with E-state index in [-0.39, 0.29) is 12.5 Å². The SMILES string of the molecule is Cc1ccccc1NC(=O)COc1cccc(Cl)c1. The van der Waals surface area contributed by atoms with Crippen molar-refractivity contribution in [3.8, 4) is 5.75 Å². The van der Waals surface area contributed by atoms with Gasteiger partial charge in [0.05, 0.1) is 0 Å². The van der Waals surface area contributed by atoms with Crippen molar-refractivity contribution in [3.05, 3.63) is 59.1 Å². The van der Waals surface area contributed by atoms with Crippen molar-refractivity contribution in [3.63, 3.8) is 0 Å². The number of amides is 1. The topological polar surface area (TPSA) is 38.3 Å². The number of carbonyl (C=O) groups excluding carboxylic acids is 1. The molecule has 2 rings (SSSR count). The summed E-state index contributed by atoms with van der Waals surface area (Å²) in [6, 6.07) is 14.5. The van der Waals surface area contributed by atoms with Gasteiger partial charge in [0.15, 0.2) is 6.61 Å². The number of halogens is 1. The van der Waals surface area contributed by atoms with Gasteiger partial charge in [-0.2, -0.15) is 0 Å². The highest BCUT2D eigenvalue weighted by Gasteiger charge is 2.05. The third-order valence-corrected chi connectivity index (χ3v) is 2.82. The fraction of sp³-hybridized carbons (Fsp3) is 0.133. The van der Waals surface area contributed by atoms with Crippen LogP contribution in [0, 0.1) is 6.92 Å². The molecule has 0 aliphatic carbocycles. The number of aryl methyl sites for hydroxylation is 1. The second-order valence-corrected chi connectivity index (χ2v) is 4.55. The molecule has 19 heavy (non-hydrogen) atoms. The van der Waals surface area contributed by atoms with Gasteiger partial charge >= 0.3 is 0 Å². The lowest BCUT2D eigenvalue weighted by Gasteiger charge is -2.09. The molecule has 0 radical (unpaired) electrons. The highest BCUT2D eigenvalue weighted by atomic mass is 35.5. The largest absolute Gasteiger partial charge is 0.484 e. The number of rotatable bonds is 4. The van der Waals surface area contributed by atoms with Crippen molar-refractivity contribution in [2.75, 3.05) is 11.9 Å². The van der Waals surface area contributed by atoms with Crippen LogP contribution in [-0.2, 0) is 4.79 Å². The summed E-state index contributed by atoms with van der Waals surface area (Å²) in [5, 5.41) is 3.38. The van der Waals surface area contributed by atoms with E-state index in [0.717, 1.165) is 11.3 Å². The quantitative estimate of drug-likeness (QED) is 0.925. The standard InChI is InChI=1S/C15H14ClNO2/c1-11-5-2-3-8-14(11)17-15(18)10-19-13-7-4-6-12(16)9-13/h2-9H,10H2,1H3,(H,17,18). The Balaban J connectivity index is 1.90. The summed E-state index contributed by atoms with van der Waals surface area (Å²) in [5.41, 5.74) is 1.81. The molecule has 2 aromatic carbocycles. The van der Waals surface area contributed by atoms with Gasteiger partial charge in [-0.15, -0.1) is 0 Å². The number of benzene rings is 2. The number of carbonyl (C=O) groups is 1. The summed E-state index contributed by atoms with van der Waals surface area (Å²) >= 11 is 5.83. The molecular weight excluding hydrogens is 262 g/mol. The summed E-state index contributed by atoms with van der Waals surface area (Å²) in [4.78, 5) is 11.8. The van der Waals surface area contributed by atoms with Gasteiger partial charge in [-0.05, 0) is 36.8 Å². The minimum atomic E-state index is -0.200. The summed E-state index contributed by atoms with van der Waals surface area (Å²) in [7, 11) is 0. The van der Waals surface area contributed by atoms with Gasteiger partial charge in [0.2, 0.25) is 0 Å². The molecule has 0 atom stereocenters. The molecule has 3 nitrogen and oxygen atoms in total. The highest BCUT2D eigenvalue weighted by molar-refractivity contribution is 6.30. The van der Waals surface area contributed by atoms with E-state index in [9.17, 15) is 4.79 Å². The molecule has 1 amide bonds. The maximum Gasteiger partial charge on any atom is 0.262 e. The maximum absolute atomic E-state index is 11.8. The number of anilines is 1. The first kappa shape index (κ1) is 13.4. The molecule has 0 fully saturated rings. The summed E-state index contributed by atoms with van der Waals surface area (Å²) in [5.74, 6) is 0.377. The molecule has 0 aliphatic rings. The summed E-state index contributed by atoms with van der Waals surface area (Å²) in [6.07, 6.45) is 0. The first-order valence-corrected chi connectivity index (χ1v) is 6.27. The highest BCUT2D eigenvalue weighted by Crippen LogP contribution is 2.17. The fourth-order valence-corrected chi connectivity index (χ4v) is 1.79. The third-order valence-electron chi connectivity index (χ3n) is 2.59. The number of para-hydroxylation sites is 1. The minimum absolute atomic E-state index is 0.0469. The predicted molar refractivity (Wildman–Crippen MR) is 76.8 cm³/mol. The lowest BCUT2D eigenvalue weighted by atomic mass is 10.2. The molecule has 0 aromatic heterocycles. The predicted octanol–water partition coefficient (Wildman–Crippen LogP) is 3.67. The second-order valence-electron chi connectivity index (χ2n) is 4.11. The van der Waals surface area contributed by atoms with Crippen molar-refractivity contribution in [1.29, 1.82) is 0 Å². The van der Waals surface area contributed by atoms with Gasteiger partial charge in [0, 0.05) is 10.7 Å². The van der Waals surface area contributed by atoms with Crippen LogP contribution in [0.2, 0.25) is 5.02 Å². The number of ether oxygens (including phenoxy) is 1. The monoisotopic (exact) mass is 275 g/mol. The van der Waals surface area contributed by atoms with E-state index in [2.05, 4.69) is 5.32 Å². The van der Waals surface area contributed by atoms with Crippen molar-refractivity contribution < 1.29 is 9.53 Å². The van der Waals surface area contributed by atoms with E-state index < -0.39 is 0 Å². The van der Waals surface area contributed by atoms with E-state index in [1.165, 1.54) is 0 Å². The lowest BCUT2D eigenvalue weighted by Crippen LogP contribution is -2.20. The summed E-state index contributed by atoms with van der Waals surface area (Å²) in [6.45, 7) is 1.89. The molecule has 0 unspecified atom stereocenters. The van der Waals surface area contributed by atoms with E-state index in [4.69, 9.17) is 16.3 Å². The Morgan fingerprint density at radius 2 is 2.00 bits per heavy atom. The Morgan fingerprint density at radius 1 is 1.21 bits per heavy atom. The van der Waals surface area contributed by atoms with E-state index in [1.807, 2.05) is 31.2 Å². The van der Waals surface area contributed by atoms with E-state index >= 15 is 0 Å². The normalized spacial score (nSPS) is 10.0. The van der Waals surface area contributed by atoms with Crippen LogP contribution in [0.25, 0.3) is 0 Å². The van der Waals surface area contributed by atoms with Crippen LogP contribution in [-0.4, -0.2) is 12.5 Å². The van der Waals surface area contributed by atoms with Crippen molar-refractivity contribution >= 4 is 23.2 Å². The Hall–Kier alpha value is -2.00. The lowest BCUT2D eigenvalue weighted by molar-refractivity contribution is -0.118. The molecule has 0 saturated heterocycles. The number of nitrogens with one attached hydrogen (secondary N) is 1. The van der Waals surface area contributed by atoms with Crippen LogP contribution in [0.3, 0.4) is 0 Å². The summed E-state index contributed by atoms with van der Waals surface area (Å²) < 4.78 is 5.36. The Morgan fingerprint density at radius 3 is 2.74 bits per heavy atom. The van der Waals surface area contributed by atoms with Crippen molar-refractivity contribution in [2.45, 2.75) is 6.92 Å². The maximum atomic E-state index is 11.8. The molecule has 98 valence electrons. The molecule has 2 aromatic rings. The number of hydrogen-bond acceptors (Lipinski definition) is 2. The fourth-order valence-electron chi connectivity index (χ4n) is 1.61. The molecule has 4 heteroatoms. The van der Waals surface area contributed by atoms with Gasteiger partial charge in [-0.25, -0.2) is 0 Å². The van der Waals surface area contributed by atoms with Crippen LogP contribution in [0.15, 0.2) is 48.5 Å². The zero-order chi connectivity index (χ0) is 13.7. The third kappa shape index (κ3) is 4.00. The number of hydrogen-bond donors (Lipinski definition) is 1. The van der Waals surface area contributed by atoms with Crippen LogP contribution < -0.4 is 10.1 Å². The average Bonchev–Trinajstić information content (AvgIpc) is 2.39. The van der Waals surface area contributed by atoms with Gasteiger partial charge in [0.1, 0.15) is 5.75 Å². The first-order chi connectivity index (χ1) is 9.15. The van der Waals surface area contributed by atoms with Crippen LogP contribution in [0.1, 0.15) is 5.56 Å².